The molecule has 1 aromatic heterocycles. The van der Waals surface area contributed by atoms with Gasteiger partial charge < -0.3 is 9.30 Å². The third-order valence-electron chi connectivity index (χ3n) is 3.97. The Hall–Kier alpha value is -3.66. The van der Waals surface area contributed by atoms with Gasteiger partial charge in [0.25, 0.3) is 5.69 Å². The second-order valence-corrected chi connectivity index (χ2v) is 5.62. The van der Waals surface area contributed by atoms with Gasteiger partial charge in [0.05, 0.1) is 17.4 Å². The van der Waals surface area contributed by atoms with E-state index < -0.39 is 4.92 Å². The molecule has 130 valence electrons. The summed E-state index contributed by atoms with van der Waals surface area (Å²) >= 11 is 0. The van der Waals surface area contributed by atoms with Gasteiger partial charge in [0.15, 0.2) is 6.61 Å². The summed E-state index contributed by atoms with van der Waals surface area (Å²) in [7, 11) is 0. The summed E-state index contributed by atoms with van der Waals surface area (Å²) in [6.07, 6.45) is 2.09. The van der Waals surface area contributed by atoms with E-state index in [9.17, 15) is 14.9 Å². The lowest BCUT2D eigenvalue weighted by molar-refractivity contribution is -0.384. The molecule has 0 unspecified atom stereocenters. The molecule has 0 saturated carbocycles. The number of benzene rings is 2. The van der Waals surface area contributed by atoms with Crippen LogP contribution in [0.3, 0.4) is 0 Å². The van der Waals surface area contributed by atoms with Crippen molar-refractivity contribution in [3.05, 3.63) is 70.4 Å². The van der Waals surface area contributed by atoms with Crippen molar-refractivity contribution in [2.75, 3.05) is 6.61 Å². The van der Waals surface area contributed by atoms with Crippen LogP contribution in [-0.2, 0) is 6.54 Å². The molecule has 26 heavy (non-hydrogen) atoms. The molecule has 0 aliphatic heterocycles. The molecule has 7 nitrogen and oxygen atoms in total. The average Bonchev–Trinajstić information content (AvgIpc) is 3.03. The molecule has 0 atom stereocenters. The third-order valence-corrected chi connectivity index (χ3v) is 3.97. The van der Waals surface area contributed by atoms with Crippen LogP contribution in [0.25, 0.3) is 10.9 Å². The number of nitro benzene ring substituents is 1. The topological polar surface area (TPSA) is 98.2 Å². The van der Waals surface area contributed by atoms with Gasteiger partial charge in [-0.15, -0.1) is 0 Å². The fourth-order valence-electron chi connectivity index (χ4n) is 2.72. The van der Waals surface area contributed by atoms with Crippen LogP contribution in [0.2, 0.25) is 0 Å². The summed E-state index contributed by atoms with van der Waals surface area (Å²) in [5, 5.41) is 20.2. The number of fused-ring (bicyclic) bond motifs is 1. The third kappa shape index (κ3) is 3.54. The average molecular weight is 349 g/mol. The summed E-state index contributed by atoms with van der Waals surface area (Å²) in [6.45, 7) is 0.331. The van der Waals surface area contributed by atoms with Crippen molar-refractivity contribution in [2.45, 2.75) is 13.0 Å². The highest BCUT2D eigenvalue weighted by molar-refractivity contribution is 6.08. The zero-order chi connectivity index (χ0) is 18.5. The van der Waals surface area contributed by atoms with E-state index >= 15 is 0 Å². The number of nitro groups is 1. The SMILES string of the molecule is N#CCCn1cc(C(=O)COc2ccc([N+](=O)[O-])cc2)c2ccccc21. The molecule has 0 saturated heterocycles. The first-order valence-electron chi connectivity index (χ1n) is 7.95. The lowest BCUT2D eigenvalue weighted by Gasteiger charge is -2.04. The number of ketones is 1. The van der Waals surface area contributed by atoms with E-state index in [1.807, 2.05) is 28.8 Å². The standard InChI is InChI=1S/C19H15N3O4/c20-10-3-11-21-12-17(16-4-1-2-5-18(16)21)19(23)13-26-15-8-6-14(7-9-15)22(24)25/h1-2,4-9,12H,3,11,13H2. The van der Waals surface area contributed by atoms with Crippen molar-refractivity contribution in [3.8, 4) is 11.8 Å². The van der Waals surface area contributed by atoms with Crippen molar-refractivity contribution >= 4 is 22.4 Å². The Kier molecular flexibility index (Phi) is 4.94. The second kappa shape index (κ2) is 7.49. The highest BCUT2D eigenvalue weighted by Gasteiger charge is 2.15. The Morgan fingerprint density at radius 3 is 2.62 bits per heavy atom. The van der Waals surface area contributed by atoms with E-state index in [4.69, 9.17) is 10.00 Å². The van der Waals surface area contributed by atoms with Crippen LogP contribution >= 0.6 is 0 Å². The van der Waals surface area contributed by atoms with E-state index in [0.717, 1.165) is 10.9 Å². The molecule has 0 spiro atoms. The molecule has 1 heterocycles. The number of Topliss-reactive ketones (excluding diaryl/α,β-unsaturated/α-hetero) is 1. The molecule has 0 aliphatic rings. The minimum Gasteiger partial charge on any atom is -0.485 e. The zero-order valence-electron chi connectivity index (χ0n) is 13.8. The Morgan fingerprint density at radius 2 is 1.92 bits per heavy atom. The fraction of sp³-hybridized carbons (Fsp3) is 0.158. The van der Waals surface area contributed by atoms with Crippen molar-refractivity contribution in [3.63, 3.8) is 0 Å². The number of ether oxygens (including phenoxy) is 1. The Labute approximate surface area is 149 Å². The molecule has 0 radical (unpaired) electrons. The van der Waals surface area contributed by atoms with Crippen LogP contribution in [0.4, 0.5) is 5.69 Å². The van der Waals surface area contributed by atoms with E-state index in [1.54, 1.807) is 6.20 Å². The number of carbonyl (C=O) groups is 1. The number of nitrogens with zero attached hydrogens (tertiary/aromatic N) is 3. The lowest BCUT2D eigenvalue weighted by atomic mass is 10.1. The maximum Gasteiger partial charge on any atom is 0.269 e. The number of hydrogen-bond acceptors (Lipinski definition) is 5. The first kappa shape index (κ1) is 17.2. The summed E-state index contributed by atoms with van der Waals surface area (Å²) in [5.41, 5.74) is 1.38. The highest BCUT2D eigenvalue weighted by Crippen LogP contribution is 2.23. The molecular formula is C19H15N3O4. The summed E-state index contributed by atoms with van der Waals surface area (Å²) in [6, 6.07) is 15.2. The van der Waals surface area contributed by atoms with Gasteiger partial charge in [0.1, 0.15) is 5.75 Å². The van der Waals surface area contributed by atoms with Crippen LogP contribution in [0.15, 0.2) is 54.7 Å². The maximum absolute atomic E-state index is 12.6. The molecule has 0 fully saturated rings. The van der Waals surface area contributed by atoms with Crippen molar-refractivity contribution in [2.24, 2.45) is 0 Å². The minimum absolute atomic E-state index is 0.0377. The van der Waals surface area contributed by atoms with Crippen molar-refractivity contribution < 1.29 is 14.5 Å². The van der Waals surface area contributed by atoms with Crippen LogP contribution in [0.5, 0.6) is 5.75 Å². The molecule has 2 aromatic carbocycles. The van der Waals surface area contributed by atoms with Gasteiger partial charge in [0.2, 0.25) is 5.78 Å². The molecule has 0 aliphatic carbocycles. The minimum atomic E-state index is -0.495. The molecule has 7 heteroatoms. The highest BCUT2D eigenvalue weighted by atomic mass is 16.6. The van der Waals surface area contributed by atoms with E-state index in [2.05, 4.69) is 6.07 Å². The van der Waals surface area contributed by atoms with E-state index in [0.29, 0.717) is 24.3 Å². The van der Waals surface area contributed by atoms with E-state index in [1.165, 1.54) is 24.3 Å². The van der Waals surface area contributed by atoms with Crippen molar-refractivity contribution in [1.82, 2.24) is 4.57 Å². The van der Waals surface area contributed by atoms with Gasteiger partial charge in [-0.05, 0) is 18.2 Å². The largest absolute Gasteiger partial charge is 0.485 e. The predicted octanol–water partition coefficient (Wildman–Crippen LogP) is 3.72. The second-order valence-electron chi connectivity index (χ2n) is 5.62. The summed E-state index contributed by atoms with van der Waals surface area (Å²) in [4.78, 5) is 22.7. The van der Waals surface area contributed by atoms with Crippen LogP contribution in [0.1, 0.15) is 16.8 Å². The number of nitriles is 1. The van der Waals surface area contributed by atoms with Crippen molar-refractivity contribution in [1.29, 1.82) is 5.26 Å². The maximum atomic E-state index is 12.6. The Bertz CT molecular complexity index is 1000. The van der Waals surface area contributed by atoms with Crippen LogP contribution in [-0.4, -0.2) is 21.9 Å². The molecular weight excluding hydrogens is 334 g/mol. The lowest BCUT2D eigenvalue weighted by Crippen LogP contribution is -2.11. The summed E-state index contributed by atoms with van der Waals surface area (Å²) in [5.74, 6) is 0.187. The van der Waals surface area contributed by atoms with Crippen LogP contribution < -0.4 is 4.74 Å². The smallest absolute Gasteiger partial charge is 0.269 e. The number of aryl methyl sites for hydroxylation is 1. The van der Waals surface area contributed by atoms with Gasteiger partial charge >= 0.3 is 0 Å². The predicted molar refractivity (Wildman–Crippen MR) is 95.1 cm³/mol. The summed E-state index contributed by atoms with van der Waals surface area (Å²) < 4.78 is 7.35. The normalized spacial score (nSPS) is 10.4. The molecule has 0 amide bonds. The van der Waals surface area contributed by atoms with Gasteiger partial charge in [-0.1, -0.05) is 18.2 Å². The number of hydrogen-bond donors (Lipinski definition) is 0. The van der Waals surface area contributed by atoms with Gasteiger partial charge in [-0.3, -0.25) is 14.9 Å². The Balaban J connectivity index is 1.77. The van der Waals surface area contributed by atoms with Gasteiger partial charge in [-0.25, -0.2) is 0 Å². The zero-order valence-corrected chi connectivity index (χ0v) is 13.8. The molecule has 3 aromatic rings. The van der Waals surface area contributed by atoms with Gasteiger partial charge in [0, 0.05) is 41.3 Å². The fourth-order valence-corrected chi connectivity index (χ4v) is 2.72. The molecule has 0 bridgehead atoms. The molecule has 0 N–H and O–H groups in total. The first-order valence-corrected chi connectivity index (χ1v) is 7.95. The number of para-hydroxylation sites is 1. The van der Waals surface area contributed by atoms with E-state index in [-0.39, 0.29) is 18.1 Å². The number of non-ortho nitro benzene ring substituents is 1. The quantitative estimate of drug-likeness (QED) is 0.368. The van der Waals surface area contributed by atoms with Gasteiger partial charge in [-0.2, -0.15) is 5.26 Å². The number of carbonyl (C=O) groups excluding carboxylic acids is 1. The number of aromatic nitrogens is 1. The molecule has 3 rings (SSSR count). The Morgan fingerprint density at radius 1 is 1.19 bits per heavy atom. The number of rotatable bonds is 7. The monoisotopic (exact) mass is 349 g/mol. The van der Waals surface area contributed by atoms with Crippen LogP contribution in [0, 0.1) is 21.4 Å². The first-order chi connectivity index (χ1) is 12.6.